The van der Waals surface area contributed by atoms with Gasteiger partial charge >= 0.3 is 30.1 Å². The molecule has 124 heavy (non-hydrogen) atoms. The van der Waals surface area contributed by atoms with Gasteiger partial charge in [0.1, 0.15) is 24.4 Å². The molecule has 0 radical (unpaired) electrons. The highest BCUT2D eigenvalue weighted by atomic mass is 16.7. The summed E-state index contributed by atoms with van der Waals surface area (Å²) in [5.74, 6) is -3.45. The largest absolute Gasteiger partial charge is 0.458 e. The van der Waals surface area contributed by atoms with Gasteiger partial charge in [-0.1, -0.05) is 55.4 Å². The summed E-state index contributed by atoms with van der Waals surface area (Å²) in [5, 5.41) is 38.2. The molecule has 11 heterocycles. The van der Waals surface area contributed by atoms with Crippen molar-refractivity contribution in [3.05, 3.63) is 102 Å². The van der Waals surface area contributed by atoms with Crippen molar-refractivity contribution in [2.75, 3.05) is 26.7 Å². The fourth-order valence-corrected chi connectivity index (χ4v) is 15.2. The van der Waals surface area contributed by atoms with Gasteiger partial charge in [-0.15, -0.1) is 5.06 Å². The van der Waals surface area contributed by atoms with Gasteiger partial charge in [0.25, 0.3) is 22.9 Å². The number of ketones is 2. The van der Waals surface area contributed by atoms with Gasteiger partial charge in [0.15, 0.2) is 45.8 Å². The quantitative estimate of drug-likeness (QED) is 0.00916. The van der Waals surface area contributed by atoms with Gasteiger partial charge in [-0.05, 0) is 140 Å². The van der Waals surface area contributed by atoms with Crippen molar-refractivity contribution in [1.29, 1.82) is 0 Å². The van der Waals surface area contributed by atoms with Crippen LogP contribution in [-0.2, 0) is 122 Å². The summed E-state index contributed by atoms with van der Waals surface area (Å²) < 4.78 is 46.1. The Morgan fingerprint density at radius 2 is 0.927 bits per heavy atom. The zero-order chi connectivity index (χ0) is 90.4. The Morgan fingerprint density at radius 1 is 0.524 bits per heavy atom. The molecule has 0 bridgehead atoms. The second kappa shape index (κ2) is 38.5. The Balaban J connectivity index is 0.000000194. The molecule has 6 aromatic rings. The number of nitrogens with one attached hydrogen (secondary N) is 5. The number of carbonyl (C=O) groups excluding carboxylic acids is 12. The lowest BCUT2D eigenvalue weighted by Crippen LogP contribution is -2.44. The van der Waals surface area contributed by atoms with E-state index in [1.54, 1.807) is 104 Å². The van der Waals surface area contributed by atoms with Crippen LogP contribution in [0, 0.1) is 23.7 Å². The topological polar surface area (TPSA) is 488 Å². The van der Waals surface area contributed by atoms with Crippen molar-refractivity contribution in [3.63, 3.8) is 0 Å². The number of esters is 2. The van der Waals surface area contributed by atoms with Crippen LogP contribution in [-0.4, -0.2) is 156 Å². The van der Waals surface area contributed by atoms with E-state index < -0.39 is 87.9 Å². The maximum atomic E-state index is 13.9. The van der Waals surface area contributed by atoms with Gasteiger partial charge in [0.2, 0.25) is 31.3 Å². The zero-order valence-electron chi connectivity index (χ0n) is 72.5. The molecule has 6 atom stereocenters. The van der Waals surface area contributed by atoms with Crippen molar-refractivity contribution in [2.45, 2.75) is 261 Å². The highest BCUT2D eigenvalue weighted by molar-refractivity contribution is 6.02. The number of aromatic nitrogens is 4. The summed E-state index contributed by atoms with van der Waals surface area (Å²) in [6, 6.07) is 8.87. The number of cyclic esters (lactones) is 2. The molecule has 0 aliphatic carbocycles. The van der Waals surface area contributed by atoms with Gasteiger partial charge < -0.3 is 94.4 Å². The molecule has 0 unspecified atom stereocenters. The fourth-order valence-electron chi connectivity index (χ4n) is 15.2. The normalized spacial score (nSPS) is 17.7. The first-order valence-corrected chi connectivity index (χ1v) is 42.1. The summed E-state index contributed by atoms with van der Waals surface area (Å²) in [6.07, 6.45) is 1.01. The summed E-state index contributed by atoms with van der Waals surface area (Å²) in [6.45, 7) is 26.3. The summed E-state index contributed by atoms with van der Waals surface area (Å²) in [4.78, 5) is 191. The van der Waals surface area contributed by atoms with Crippen molar-refractivity contribution in [3.8, 4) is 45.8 Å². The monoisotopic (exact) mass is 1720 g/mol. The molecule has 13 rings (SSSR count). The van der Waals surface area contributed by atoms with E-state index >= 15 is 0 Å². The van der Waals surface area contributed by atoms with Gasteiger partial charge in [0, 0.05) is 115 Å². The number of imide groups is 1. The van der Waals surface area contributed by atoms with E-state index in [1.807, 2.05) is 33.8 Å². The number of benzene rings is 2. The molecule has 36 heteroatoms. The summed E-state index contributed by atoms with van der Waals surface area (Å²) in [5.41, 5.74) is 7.57. The highest BCUT2D eigenvalue weighted by Gasteiger charge is 2.48. The third-order valence-corrected chi connectivity index (χ3v) is 23.1. The molecule has 1 fully saturated rings. The Hall–Kier alpha value is -11.9. The van der Waals surface area contributed by atoms with Gasteiger partial charge in [-0.2, -0.15) is 0 Å². The standard InChI is InChI=1S/C42H53N5O11.C24H39N3O8.C22H19N3O6/c1-8-42(54)28-16-31-36-26(19-47(31)38(51)27(28)20-55-39(42)52)25(24-15-33-34(57-21-56-33)17-30(24)45-36)18-44-35(49)13-12-32(48)29(46-37(50)23(4)22(2)3)11-9-10-14-43-40(53)58-41(5,6)7;1-15(2)16(3)22(32)26-17(9-7-8-14-25-23(33)34-24(4,5)6)18(28)10-13-21(31)35-27-19(29)11-12-20(27)30;1-2-22(28)14-4-16-19-12(7-25(16)20(26)13(14)8-29-21(22)27)11(6-23)10-3-17-18(31-9-30-17)5-15(10)24-19/h15-17,22-23,29,54H,8-14,18-21H2,1-7H3,(H,43,53)(H,44,49)(H,46,50);15-17H,7-14H2,1-6H3,(H,25,33)(H,26,32);3-5,28H,2,6-9,23H2,1H3/t23-,29-,42-;16-,17-;22-/m000/s1. The van der Waals surface area contributed by atoms with Crippen molar-refractivity contribution < 1.29 is 110 Å². The predicted octanol–water partition coefficient (Wildman–Crippen LogP) is 7.93. The molecule has 9 N–H and O–H groups in total. The van der Waals surface area contributed by atoms with Crippen molar-refractivity contribution >= 4 is 93.0 Å². The van der Waals surface area contributed by atoms with E-state index in [-0.39, 0.29) is 167 Å². The van der Waals surface area contributed by atoms with Gasteiger partial charge in [-0.25, -0.2) is 33.9 Å². The number of unbranched alkanes of at least 4 members (excludes halogenated alkanes) is 2. The molecule has 4 aromatic heterocycles. The number of pyridine rings is 4. The Kier molecular flexibility index (Phi) is 28.8. The van der Waals surface area contributed by atoms with Gasteiger partial charge in [-0.3, -0.25) is 43.2 Å². The molecule has 668 valence electrons. The molecule has 2 aromatic carbocycles. The number of nitrogens with two attached hydrogens (primary N) is 1. The summed E-state index contributed by atoms with van der Waals surface area (Å²) in [7, 11) is 0. The summed E-state index contributed by atoms with van der Waals surface area (Å²) >= 11 is 0. The van der Waals surface area contributed by atoms with E-state index in [1.165, 1.54) is 4.57 Å². The molecule has 7 aliphatic rings. The molecular formula is C88H111N11O25. The second-order valence-electron chi connectivity index (χ2n) is 34.5. The van der Waals surface area contributed by atoms with Crippen LogP contribution in [0.4, 0.5) is 9.59 Å². The lowest BCUT2D eigenvalue weighted by atomic mass is 9.86. The number of hydroxylamine groups is 2. The maximum Gasteiger partial charge on any atom is 0.407 e. The van der Waals surface area contributed by atoms with E-state index in [0.717, 1.165) is 16.5 Å². The number of aliphatic hydroxyl groups is 2. The molecule has 1 saturated heterocycles. The first kappa shape index (κ1) is 92.8. The third kappa shape index (κ3) is 20.6. The minimum atomic E-state index is -1.99. The van der Waals surface area contributed by atoms with Crippen LogP contribution >= 0.6 is 0 Å². The molecule has 36 nitrogen and oxygen atoms in total. The molecule has 0 spiro atoms. The van der Waals surface area contributed by atoms with Crippen molar-refractivity contribution in [1.82, 2.24) is 50.7 Å². The number of hydrogen-bond donors (Lipinski definition) is 8. The minimum absolute atomic E-state index is 0.000504. The van der Waals surface area contributed by atoms with Gasteiger partial charge in [0.05, 0.1) is 76.5 Å². The molecule has 0 saturated carbocycles. The number of Topliss-reactive ketones (excluding diaryl/α,β-unsaturated/α-hetero) is 2. The predicted molar refractivity (Wildman–Crippen MR) is 445 cm³/mol. The number of amides is 7. The first-order chi connectivity index (χ1) is 58.6. The molecule has 7 aliphatic heterocycles. The SMILES string of the molecule is CC(C)[C@H](C)C(=O)N[C@@H](CCCCNC(=O)OC(C)(C)C)C(=O)CCC(=O)ON1C(=O)CCC1=O.CC[C@@]1(O)C(=O)OCc2c1cc1n(c2=O)Cc2c-1nc1cc3c(cc1c2CN)OCO3.CC[C@@]1(O)C(=O)OCc2c1cc1n(c2=O)Cc2c-1nc1cc3c(cc1c2CNC(=O)CCC(=O)[C@H](CCCCNC(=O)OC(C)(C)C)NC(=O)[C@@H](C)C(C)C)OCO3. The number of fused-ring (bicyclic) bond motifs is 12. The minimum Gasteiger partial charge on any atom is -0.458 e. The Bertz CT molecular complexity index is 5350. The Labute approximate surface area is 715 Å². The number of carbonyl (C=O) groups is 12. The van der Waals surface area contributed by atoms with Crippen LogP contribution in [0.1, 0.15) is 231 Å². The van der Waals surface area contributed by atoms with E-state index in [9.17, 15) is 77.3 Å². The smallest absolute Gasteiger partial charge is 0.407 e. The molecular weight excluding hydrogens is 1610 g/mol. The second-order valence-corrected chi connectivity index (χ2v) is 34.5. The Morgan fingerprint density at radius 3 is 1.33 bits per heavy atom. The molecule has 7 amide bonds. The van der Waals surface area contributed by atoms with E-state index in [4.69, 9.17) is 58.4 Å². The van der Waals surface area contributed by atoms with Crippen LogP contribution in [0.2, 0.25) is 0 Å². The average Bonchev–Trinajstić information content (AvgIpc) is 1.56. The highest BCUT2D eigenvalue weighted by Crippen LogP contribution is 2.46. The van der Waals surface area contributed by atoms with E-state index in [0.29, 0.717) is 142 Å². The zero-order valence-corrected chi connectivity index (χ0v) is 72.5. The fraction of sp³-hybridized carbons (Fsp3) is 0.545. The van der Waals surface area contributed by atoms with Crippen LogP contribution in [0.3, 0.4) is 0 Å². The third-order valence-electron chi connectivity index (χ3n) is 23.1. The number of hydrogen-bond acceptors (Lipinski definition) is 28. The number of alkyl carbamates (subject to hydrolysis) is 2. The lowest BCUT2D eigenvalue weighted by Gasteiger charge is -2.31. The van der Waals surface area contributed by atoms with Crippen LogP contribution < -0.4 is 62.4 Å². The maximum absolute atomic E-state index is 13.9. The number of ether oxygens (including phenoxy) is 8. The van der Waals surface area contributed by atoms with Crippen LogP contribution in [0.5, 0.6) is 23.0 Å². The van der Waals surface area contributed by atoms with Crippen LogP contribution in [0.15, 0.2) is 46.0 Å². The van der Waals surface area contributed by atoms with Crippen LogP contribution in [0.25, 0.3) is 44.6 Å². The lowest BCUT2D eigenvalue weighted by molar-refractivity contribution is -0.197. The average molecular weight is 1720 g/mol. The van der Waals surface area contributed by atoms with Crippen molar-refractivity contribution in [2.24, 2.45) is 29.4 Å². The first-order valence-electron chi connectivity index (χ1n) is 42.1. The van der Waals surface area contributed by atoms with E-state index in [2.05, 4.69) is 26.6 Å². The number of nitrogens with zero attached hydrogens (tertiary/aromatic N) is 5. The number of rotatable bonds is 30.